The first kappa shape index (κ1) is 13.4. The monoisotopic (exact) mass is 235 g/mol. The van der Waals surface area contributed by atoms with Crippen molar-refractivity contribution in [3.8, 4) is 0 Å². The lowest BCUT2D eigenvalue weighted by Gasteiger charge is -2.21. The van der Waals surface area contributed by atoms with Crippen LogP contribution in [-0.2, 0) is 4.79 Å². The Morgan fingerprint density at radius 1 is 1.24 bits per heavy atom. The van der Waals surface area contributed by atoms with Gasteiger partial charge < -0.3 is 10.4 Å². The van der Waals surface area contributed by atoms with Crippen molar-refractivity contribution in [1.29, 1.82) is 0 Å². The molecule has 1 rings (SSSR count). The Morgan fingerprint density at radius 3 is 2.35 bits per heavy atom. The SMILES string of the molecule is CC(C)(C(=O)NCCO)C(=O)c1ccccc1. The molecule has 4 nitrogen and oxygen atoms in total. The maximum Gasteiger partial charge on any atom is 0.233 e. The van der Waals surface area contributed by atoms with E-state index < -0.39 is 5.41 Å². The van der Waals surface area contributed by atoms with Gasteiger partial charge in [0.2, 0.25) is 5.91 Å². The molecular weight excluding hydrogens is 218 g/mol. The second-order valence-corrected chi connectivity index (χ2v) is 4.30. The highest BCUT2D eigenvalue weighted by Gasteiger charge is 2.36. The molecule has 0 saturated carbocycles. The summed E-state index contributed by atoms with van der Waals surface area (Å²) in [4.78, 5) is 23.9. The molecule has 0 radical (unpaired) electrons. The van der Waals surface area contributed by atoms with Crippen LogP contribution in [0.5, 0.6) is 0 Å². The third-order valence-electron chi connectivity index (χ3n) is 2.57. The Hall–Kier alpha value is -1.68. The minimum Gasteiger partial charge on any atom is -0.395 e. The normalized spacial score (nSPS) is 11.0. The van der Waals surface area contributed by atoms with Crippen LogP contribution in [0.25, 0.3) is 0 Å². The average molecular weight is 235 g/mol. The fourth-order valence-electron chi connectivity index (χ4n) is 1.44. The zero-order valence-electron chi connectivity index (χ0n) is 10.1. The molecule has 0 aromatic heterocycles. The quantitative estimate of drug-likeness (QED) is 0.591. The third-order valence-corrected chi connectivity index (χ3v) is 2.57. The second kappa shape index (κ2) is 5.59. The molecule has 17 heavy (non-hydrogen) atoms. The summed E-state index contributed by atoms with van der Waals surface area (Å²) in [5.41, 5.74) is -0.618. The van der Waals surface area contributed by atoms with Crippen LogP contribution in [0.1, 0.15) is 24.2 Å². The molecule has 0 heterocycles. The highest BCUT2D eigenvalue weighted by Crippen LogP contribution is 2.21. The van der Waals surface area contributed by atoms with E-state index in [0.717, 1.165) is 0 Å². The van der Waals surface area contributed by atoms with Gasteiger partial charge in [-0.1, -0.05) is 30.3 Å². The van der Waals surface area contributed by atoms with E-state index in [1.807, 2.05) is 6.07 Å². The summed E-state index contributed by atoms with van der Waals surface area (Å²) < 4.78 is 0. The van der Waals surface area contributed by atoms with Crippen LogP contribution in [0, 0.1) is 5.41 Å². The molecule has 0 aliphatic carbocycles. The number of aliphatic hydroxyl groups excluding tert-OH is 1. The van der Waals surface area contributed by atoms with Gasteiger partial charge in [-0.05, 0) is 13.8 Å². The molecule has 2 N–H and O–H groups in total. The third kappa shape index (κ3) is 3.14. The number of carbonyl (C=O) groups excluding carboxylic acids is 2. The van der Waals surface area contributed by atoms with E-state index in [-0.39, 0.29) is 24.8 Å². The van der Waals surface area contributed by atoms with Crippen molar-refractivity contribution in [3.63, 3.8) is 0 Å². The molecule has 0 aliphatic heterocycles. The fourth-order valence-corrected chi connectivity index (χ4v) is 1.44. The highest BCUT2D eigenvalue weighted by atomic mass is 16.3. The molecule has 0 bridgehead atoms. The topological polar surface area (TPSA) is 66.4 Å². The van der Waals surface area contributed by atoms with Gasteiger partial charge in [0.25, 0.3) is 0 Å². The Bertz CT molecular complexity index is 398. The summed E-state index contributed by atoms with van der Waals surface area (Å²) in [7, 11) is 0. The molecule has 0 atom stereocenters. The number of hydrogen-bond donors (Lipinski definition) is 2. The minimum absolute atomic E-state index is 0.138. The van der Waals surface area contributed by atoms with Crippen LogP contribution < -0.4 is 5.32 Å². The molecule has 0 fully saturated rings. The predicted molar refractivity (Wildman–Crippen MR) is 64.6 cm³/mol. The lowest BCUT2D eigenvalue weighted by molar-refractivity contribution is -0.127. The van der Waals surface area contributed by atoms with Crippen molar-refractivity contribution in [3.05, 3.63) is 35.9 Å². The van der Waals surface area contributed by atoms with Crippen LogP contribution >= 0.6 is 0 Å². The fraction of sp³-hybridized carbons (Fsp3) is 0.385. The van der Waals surface area contributed by atoms with Gasteiger partial charge in [-0.3, -0.25) is 9.59 Å². The number of carbonyl (C=O) groups is 2. The Labute approximate surface area is 101 Å². The lowest BCUT2D eigenvalue weighted by atomic mass is 9.83. The number of hydrogen-bond acceptors (Lipinski definition) is 3. The summed E-state index contributed by atoms with van der Waals surface area (Å²) in [6.07, 6.45) is 0. The van der Waals surface area contributed by atoms with Crippen LogP contribution in [0.2, 0.25) is 0 Å². The van der Waals surface area contributed by atoms with Gasteiger partial charge in [0.1, 0.15) is 5.41 Å². The van der Waals surface area contributed by atoms with Gasteiger partial charge in [0, 0.05) is 12.1 Å². The van der Waals surface area contributed by atoms with Gasteiger partial charge >= 0.3 is 0 Å². The lowest BCUT2D eigenvalue weighted by Crippen LogP contribution is -2.43. The van der Waals surface area contributed by atoms with Crippen molar-refractivity contribution in [2.75, 3.05) is 13.2 Å². The van der Waals surface area contributed by atoms with Crippen molar-refractivity contribution in [1.82, 2.24) is 5.32 Å². The van der Waals surface area contributed by atoms with Crippen molar-refractivity contribution in [2.24, 2.45) is 5.41 Å². The molecule has 1 aromatic carbocycles. The molecule has 4 heteroatoms. The first-order chi connectivity index (χ1) is 8.00. The Morgan fingerprint density at radius 2 is 1.82 bits per heavy atom. The van der Waals surface area contributed by atoms with Gasteiger partial charge in [0.15, 0.2) is 5.78 Å². The van der Waals surface area contributed by atoms with E-state index in [4.69, 9.17) is 5.11 Å². The van der Waals surface area contributed by atoms with E-state index in [1.165, 1.54) is 0 Å². The van der Waals surface area contributed by atoms with E-state index in [2.05, 4.69) is 5.32 Å². The summed E-state index contributed by atoms with van der Waals surface area (Å²) >= 11 is 0. The Balaban J connectivity index is 2.83. The molecule has 0 unspecified atom stereocenters. The number of rotatable bonds is 5. The van der Waals surface area contributed by atoms with Crippen LogP contribution in [0.15, 0.2) is 30.3 Å². The number of benzene rings is 1. The van der Waals surface area contributed by atoms with E-state index >= 15 is 0 Å². The molecule has 0 saturated heterocycles. The number of ketones is 1. The van der Waals surface area contributed by atoms with Gasteiger partial charge in [-0.25, -0.2) is 0 Å². The standard InChI is InChI=1S/C13H17NO3/c1-13(2,12(17)14-8-9-15)11(16)10-6-4-3-5-7-10/h3-7,15H,8-9H2,1-2H3,(H,14,17). The zero-order valence-corrected chi connectivity index (χ0v) is 10.1. The number of aliphatic hydroxyl groups is 1. The predicted octanol–water partition coefficient (Wildman–Crippen LogP) is 1.00. The minimum atomic E-state index is -1.13. The van der Waals surface area contributed by atoms with Gasteiger partial charge in [-0.2, -0.15) is 0 Å². The van der Waals surface area contributed by atoms with Crippen molar-refractivity contribution in [2.45, 2.75) is 13.8 Å². The summed E-state index contributed by atoms with van der Waals surface area (Å²) in [6, 6.07) is 8.70. The van der Waals surface area contributed by atoms with E-state index in [1.54, 1.807) is 38.1 Å². The van der Waals surface area contributed by atoms with E-state index in [0.29, 0.717) is 5.56 Å². The molecule has 92 valence electrons. The van der Waals surface area contributed by atoms with Crippen molar-refractivity contribution >= 4 is 11.7 Å². The van der Waals surface area contributed by atoms with Crippen LogP contribution in [0.3, 0.4) is 0 Å². The van der Waals surface area contributed by atoms with E-state index in [9.17, 15) is 9.59 Å². The second-order valence-electron chi connectivity index (χ2n) is 4.30. The Kier molecular flexibility index (Phi) is 4.40. The van der Waals surface area contributed by atoms with Crippen molar-refractivity contribution < 1.29 is 14.7 Å². The number of nitrogens with one attached hydrogen (secondary N) is 1. The maximum atomic E-state index is 12.1. The average Bonchev–Trinajstić information content (AvgIpc) is 2.35. The summed E-state index contributed by atoms with van der Waals surface area (Å²) in [6.45, 7) is 3.18. The number of amides is 1. The summed E-state index contributed by atoms with van der Waals surface area (Å²) in [5.74, 6) is -0.603. The zero-order chi connectivity index (χ0) is 12.9. The molecule has 0 aliphatic rings. The number of Topliss-reactive ketones (excluding diaryl/α,β-unsaturated/α-hetero) is 1. The highest BCUT2D eigenvalue weighted by molar-refractivity contribution is 6.13. The van der Waals surface area contributed by atoms with Crippen LogP contribution in [0.4, 0.5) is 0 Å². The smallest absolute Gasteiger partial charge is 0.233 e. The summed E-state index contributed by atoms with van der Waals surface area (Å²) in [5, 5.41) is 11.2. The first-order valence-corrected chi connectivity index (χ1v) is 5.49. The van der Waals surface area contributed by atoms with Crippen LogP contribution in [-0.4, -0.2) is 29.9 Å². The van der Waals surface area contributed by atoms with Gasteiger partial charge in [0.05, 0.1) is 6.61 Å². The largest absolute Gasteiger partial charge is 0.395 e. The molecule has 0 spiro atoms. The first-order valence-electron chi connectivity index (χ1n) is 5.49. The molecule has 1 amide bonds. The maximum absolute atomic E-state index is 12.1. The molecule has 1 aromatic rings. The van der Waals surface area contributed by atoms with Gasteiger partial charge in [-0.15, -0.1) is 0 Å². The molecular formula is C13H17NO3.